The first-order valence-electron chi connectivity index (χ1n) is 44.2. The van der Waals surface area contributed by atoms with Crippen molar-refractivity contribution in [1.29, 1.82) is 0 Å². The summed E-state index contributed by atoms with van der Waals surface area (Å²) in [4.78, 5) is 25.6. The molecule has 63 heteroatoms. The maximum Gasteiger partial charge on any atom is 0.217 e. The second-order valence-electron chi connectivity index (χ2n) is 35.2. The number of hydrogen-bond donors (Lipinski definition) is 38. The Hall–Kier alpha value is -3.42. The molecule has 38 N–H and O–H groups in total. The highest BCUT2D eigenvalue weighted by atomic mass is 16.8. The fourth-order valence-electron chi connectivity index (χ4n) is 17.8. The summed E-state index contributed by atoms with van der Waals surface area (Å²) in [5, 5.41) is 408. The summed E-state index contributed by atoms with van der Waals surface area (Å²) in [5.74, 6) is -1.88. The van der Waals surface area contributed by atoms with Crippen LogP contribution in [0.4, 0.5) is 0 Å². The van der Waals surface area contributed by atoms with Crippen LogP contribution in [0.15, 0.2) is 0 Å². The van der Waals surface area contributed by atoms with Crippen LogP contribution in [0.25, 0.3) is 0 Å². The van der Waals surface area contributed by atoms with Crippen LogP contribution < -0.4 is 10.6 Å². The van der Waals surface area contributed by atoms with Crippen molar-refractivity contribution in [3.8, 4) is 0 Å². The minimum Gasteiger partial charge on any atom is -0.394 e. The van der Waals surface area contributed by atoms with Crippen molar-refractivity contribution in [3.05, 3.63) is 0 Å². The van der Waals surface area contributed by atoms with E-state index in [1.54, 1.807) is 0 Å². The van der Waals surface area contributed by atoms with Crippen LogP contribution in [0.2, 0.25) is 0 Å². The van der Waals surface area contributed by atoms with E-state index in [1.165, 1.54) is 0 Å². The number of aliphatic hydroxyl groups is 36. The van der Waals surface area contributed by atoms with Crippen LogP contribution in [-0.4, -0.2) is 643 Å². The van der Waals surface area contributed by atoms with Crippen molar-refractivity contribution in [2.24, 2.45) is 0 Å². The Balaban J connectivity index is 0.928. The van der Waals surface area contributed by atoms with Crippen molar-refractivity contribution in [2.45, 2.75) is 382 Å². The summed E-state index contributed by atoms with van der Waals surface area (Å²) in [6, 6.07) is -3.80. The third-order valence-corrected chi connectivity index (χ3v) is 25.9. The average Bonchev–Trinajstić information content (AvgIpc) is 0.753. The Kier molecular flexibility index (Phi) is 41.0. The molecule has 808 valence electrons. The van der Waals surface area contributed by atoms with Gasteiger partial charge in [0.1, 0.15) is 293 Å². The van der Waals surface area contributed by atoms with Gasteiger partial charge < -0.3 is 303 Å². The summed E-state index contributed by atoms with van der Waals surface area (Å²) in [5.41, 5.74) is 0. The van der Waals surface area contributed by atoms with Gasteiger partial charge in [-0.1, -0.05) is 0 Å². The summed E-state index contributed by atoms with van der Waals surface area (Å²) >= 11 is 0. The quantitative estimate of drug-likeness (QED) is 0.0277. The van der Waals surface area contributed by atoms with Crippen molar-refractivity contribution in [2.75, 3.05) is 79.3 Å². The Labute approximate surface area is 784 Å². The number of carbonyl (C=O) groups excluding carboxylic acids is 2. The van der Waals surface area contributed by atoms with Crippen molar-refractivity contribution in [1.82, 2.24) is 10.6 Å². The fraction of sp³-hybridized carbons (Fsp3) is 0.974. The monoisotopic (exact) mass is 2040 g/mol. The van der Waals surface area contributed by atoms with Crippen molar-refractivity contribution in [3.63, 3.8) is 0 Å². The number of aliphatic hydroxyl groups excluding tert-OH is 36. The van der Waals surface area contributed by atoms with E-state index < -0.39 is 459 Å². The molecule has 0 aliphatic carbocycles. The summed E-state index contributed by atoms with van der Waals surface area (Å²) in [6.07, 6.45) is -130. The molecule has 0 saturated carbocycles. The van der Waals surface area contributed by atoms with Gasteiger partial charge in [0.05, 0.1) is 79.3 Å². The molecule has 0 radical (unpaired) electrons. The molecule has 12 fully saturated rings. The average molecular weight is 2050 g/mol. The number of ether oxygens (including phenoxy) is 23. The molecular weight excluding hydrogens is 1920 g/mol. The molecule has 12 rings (SSSR count). The zero-order valence-electron chi connectivity index (χ0n) is 73.4. The standard InChI is InChI=1S/C76H128N2O61/c1-15(88)77-29-41(100)57(24(10-86)120-65(29)116)132-66-30(78-16(2)89)42(101)58(25(11-87)128-66)133-72-56(115)60(40(99)28(130-72)13-117-67-55(114)59(134-68-51(110)43(102)31(90)17(3-79)121-68)39(98)27(129-67)14-119-74-62(48(107)36(95)22(8-84)126-74)137-70-53(112)45(104)33(92)19(5-81)123-70)135-76-64(139-75-63(49(108)37(96)23(9-85)127-75)138-71-54(113)46(105)34(93)20(6-82)124-71)50(109)38(97)26(131-76)12-118-73-61(47(106)35(94)21(7-83)125-73)136-69-52(111)44(103)32(91)18(4-80)122-69/h17-76,79-87,90-116H,3-14H2,1-2H3,(H,77,88)(H,78,89)/t17-,18-,19-,20-,21-,22-,23-,24-,25-,26-,27-,28-,29-,30-,31-,32-,33-,34-,35-,36-,37-,38-,39-,40-,41-,42-,43+,44+,45+,46+,47+,48+,49+,50+,51+,52+,53+,54+,55+,56+,57-,58-,59+,60+,61+,62+,63+,64+,65?,66+,67+,68-,69-,70-,71-,72+,73+,74+,75-,76-/m1/s1. The lowest BCUT2D eigenvalue weighted by molar-refractivity contribution is -0.410. The smallest absolute Gasteiger partial charge is 0.217 e. The lowest BCUT2D eigenvalue weighted by atomic mass is 9.94. The van der Waals surface area contributed by atoms with Gasteiger partial charge in [0.25, 0.3) is 0 Å². The van der Waals surface area contributed by atoms with Crippen molar-refractivity contribution < 1.29 is 302 Å². The summed E-state index contributed by atoms with van der Waals surface area (Å²) in [6.45, 7) is -12.3. The SMILES string of the molecule is CC(=O)N[C@H]1[C@H](O[C@H]2[C@H](O)[C@@H](NC(C)=O)C(O)O[C@@H]2CO)O[C@H](CO)[C@@H](O[C@@H]2O[C@H](CO[C@H]3O[C@H](CO[C@H]4O[C@H](CO)[C@@H](O)[C@H](O)[C@@H]4O[C@H]4O[C@H](CO)[C@@H](O)[C@H](O)[C@@H]4O)[C@@H](O)[C@H](O[C@H]4O[C@H](CO)[C@@H](O)[C@H](O)[C@@H]4O)[C@@H]3O)[C@@H](O)[C@H](O[C@H]3O[C@H](CO[C@H]4O[C@H](CO)[C@@H](O)[C@H](O)[C@@H]4O[C@H]4O[C@H](CO)[C@@H](O)[C@H](O)[C@@H]4O)[C@@H](O)[C@H](O)[C@@H]3O[C@H]3O[C@H](CO)[C@@H](O)[C@H](O)[C@@H]3O[C@H]3O[C@H](CO)[C@@H](O)[C@H](O)[C@@H]3O)[C@@H]2O)[C@@H]1O. The fourth-order valence-corrected chi connectivity index (χ4v) is 17.8. The Morgan fingerprint density at radius 2 is 0.396 bits per heavy atom. The first-order valence-corrected chi connectivity index (χ1v) is 44.2. The highest BCUT2D eigenvalue weighted by molar-refractivity contribution is 5.73. The third kappa shape index (κ3) is 24.7. The Morgan fingerprint density at radius 3 is 0.741 bits per heavy atom. The molecule has 139 heavy (non-hydrogen) atoms. The van der Waals surface area contributed by atoms with E-state index in [0.29, 0.717) is 0 Å². The van der Waals surface area contributed by atoms with Gasteiger partial charge in [0.2, 0.25) is 11.8 Å². The van der Waals surface area contributed by atoms with Gasteiger partial charge in [-0.05, 0) is 0 Å². The van der Waals surface area contributed by atoms with Gasteiger partial charge in [-0.15, -0.1) is 0 Å². The maximum atomic E-state index is 13.3. The Morgan fingerprint density at radius 1 is 0.187 bits per heavy atom. The minimum absolute atomic E-state index is 0.848. The third-order valence-electron chi connectivity index (χ3n) is 25.9. The number of nitrogens with one attached hydrogen (secondary N) is 2. The van der Waals surface area contributed by atoms with E-state index in [0.717, 1.165) is 13.8 Å². The Bertz CT molecular complexity index is 3720. The highest BCUT2D eigenvalue weighted by Crippen LogP contribution is 2.42. The summed E-state index contributed by atoms with van der Waals surface area (Å²) in [7, 11) is 0. The zero-order valence-corrected chi connectivity index (χ0v) is 73.4. The van der Waals surface area contributed by atoms with Crippen LogP contribution in [0.1, 0.15) is 13.8 Å². The molecule has 0 aromatic heterocycles. The second-order valence-corrected chi connectivity index (χ2v) is 35.2. The van der Waals surface area contributed by atoms with Crippen LogP contribution >= 0.6 is 0 Å². The molecule has 63 nitrogen and oxygen atoms in total. The van der Waals surface area contributed by atoms with Gasteiger partial charge in [-0.2, -0.15) is 0 Å². The molecule has 2 amide bonds. The first-order chi connectivity index (χ1) is 65.8. The molecule has 12 heterocycles. The zero-order chi connectivity index (χ0) is 102. The molecule has 12 aliphatic heterocycles. The molecular formula is C76H128N2O61. The summed E-state index contributed by atoms with van der Waals surface area (Å²) < 4.78 is 136. The molecule has 0 aromatic rings. The highest BCUT2D eigenvalue weighted by Gasteiger charge is 2.63. The van der Waals surface area contributed by atoms with E-state index in [9.17, 15) is 193 Å². The molecule has 0 aromatic carbocycles. The molecule has 12 aliphatic rings. The van der Waals surface area contributed by atoms with E-state index >= 15 is 0 Å². The van der Waals surface area contributed by atoms with E-state index in [-0.39, 0.29) is 0 Å². The number of amides is 2. The van der Waals surface area contributed by atoms with Gasteiger partial charge in [-0.25, -0.2) is 0 Å². The molecule has 12 saturated heterocycles. The predicted octanol–water partition coefficient (Wildman–Crippen LogP) is -26.9. The van der Waals surface area contributed by atoms with E-state index in [4.69, 9.17) is 109 Å². The van der Waals surface area contributed by atoms with Gasteiger partial charge in [0.15, 0.2) is 75.5 Å². The van der Waals surface area contributed by atoms with Crippen molar-refractivity contribution >= 4 is 11.8 Å². The van der Waals surface area contributed by atoms with Crippen LogP contribution in [0, 0.1) is 0 Å². The lowest BCUT2D eigenvalue weighted by Gasteiger charge is -2.51. The van der Waals surface area contributed by atoms with E-state index in [1.807, 2.05) is 0 Å². The number of hydrogen-bond acceptors (Lipinski definition) is 61. The maximum absolute atomic E-state index is 13.3. The van der Waals surface area contributed by atoms with Crippen LogP contribution in [0.3, 0.4) is 0 Å². The molecule has 60 atom stereocenters. The molecule has 1 unspecified atom stereocenters. The first kappa shape index (κ1) is 114. The predicted molar refractivity (Wildman–Crippen MR) is 418 cm³/mol. The second kappa shape index (κ2) is 49.8. The van der Waals surface area contributed by atoms with Crippen LogP contribution in [-0.2, 0) is 119 Å². The van der Waals surface area contributed by atoms with Gasteiger partial charge in [0, 0.05) is 13.8 Å². The van der Waals surface area contributed by atoms with Gasteiger partial charge >= 0.3 is 0 Å². The molecule has 0 bridgehead atoms. The minimum atomic E-state index is -2.82. The topological polar surface area (TPSA) is 999 Å². The van der Waals surface area contributed by atoms with Crippen LogP contribution in [0.5, 0.6) is 0 Å². The van der Waals surface area contributed by atoms with E-state index in [2.05, 4.69) is 10.6 Å². The largest absolute Gasteiger partial charge is 0.394 e. The number of rotatable bonds is 36. The van der Waals surface area contributed by atoms with Gasteiger partial charge in [-0.3, -0.25) is 9.59 Å². The number of carbonyl (C=O) groups is 2. The normalized spacial score (nSPS) is 51.9. The lowest BCUT2D eigenvalue weighted by Crippen LogP contribution is -2.70. The molecule has 0 spiro atoms.